The van der Waals surface area contributed by atoms with Gasteiger partial charge in [-0.3, -0.25) is 0 Å². The molecule has 0 amide bonds. The average molecular weight is 235 g/mol. The van der Waals surface area contributed by atoms with Gasteiger partial charge in [-0.05, 0) is 25.0 Å². The predicted molar refractivity (Wildman–Crippen MR) is 70.5 cm³/mol. The molecule has 3 heteroatoms. The molecule has 0 heterocycles. The summed E-state index contributed by atoms with van der Waals surface area (Å²) < 4.78 is 10.9. The summed E-state index contributed by atoms with van der Waals surface area (Å²) in [5.41, 5.74) is 7.94. The number of hydrogen-bond acceptors (Lipinski definition) is 3. The van der Waals surface area contributed by atoms with Gasteiger partial charge in [-0.2, -0.15) is 0 Å². The maximum atomic E-state index is 5.90. The molecule has 0 saturated heterocycles. The molecule has 2 N–H and O–H groups in total. The summed E-state index contributed by atoms with van der Waals surface area (Å²) in [6.45, 7) is 8.43. The molecular weight excluding hydrogens is 214 g/mol. The van der Waals surface area contributed by atoms with Crippen LogP contribution in [0.25, 0.3) is 0 Å². The molecule has 94 valence electrons. The lowest BCUT2D eigenvalue weighted by molar-refractivity contribution is 0.339. The van der Waals surface area contributed by atoms with Crippen LogP contribution in [0.1, 0.15) is 31.9 Å². The van der Waals surface area contributed by atoms with E-state index in [4.69, 9.17) is 15.2 Å². The van der Waals surface area contributed by atoms with Crippen LogP contribution in [0.2, 0.25) is 0 Å². The monoisotopic (exact) mass is 235 g/mol. The van der Waals surface area contributed by atoms with Gasteiger partial charge in [-0.25, -0.2) is 0 Å². The summed E-state index contributed by atoms with van der Waals surface area (Å²) in [6.07, 6.45) is 0.914. The molecule has 0 aliphatic rings. The van der Waals surface area contributed by atoms with Crippen molar-refractivity contribution in [3.05, 3.63) is 35.9 Å². The second kappa shape index (κ2) is 6.30. The zero-order valence-corrected chi connectivity index (χ0v) is 10.8. The second-order valence-electron chi connectivity index (χ2n) is 4.08. The summed E-state index contributed by atoms with van der Waals surface area (Å²) in [7, 11) is 1.63. The largest absolute Gasteiger partial charge is 0.497 e. The van der Waals surface area contributed by atoms with Gasteiger partial charge in [0, 0.05) is 17.7 Å². The van der Waals surface area contributed by atoms with Crippen LogP contribution in [-0.4, -0.2) is 13.7 Å². The first-order chi connectivity index (χ1) is 8.08. The molecule has 1 aromatic rings. The second-order valence-corrected chi connectivity index (χ2v) is 4.08. The van der Waals surface area contributed by atoms with E-state index in [1.807, 2.05) is 25.1 Å². The Morgan fingerprint density at radius 2 is 2.18 bits per heavy atom. The number of nitrogens with two attached hydrogens (primary N) is 1. The van der Waals surface area contributed by atoms with E-state index in [9.17, 15) is 0 Å². The maximum Gasteiger partial charge on any atom is 0.128 e. The fourth-order valence-corrected chi connectivity index (χ4v) is 1.42. The lowest BCUT2D eigenvalue weighted by Gasteiger charge is -2.15. The van der Waals surface area contributed by atoms with Crippen molar-refractivity contribution in [3.8, 4) is 11.5 Å². The molecule has 0 aliphatic carbocycles. The maximum absolute atomic E-state index is 5.90. The molecule has 1 atom stereocenters. The van der Waals surface area contributed by atoms with Crippen molar-refractivity contribution in [1.82, 2.24) is 0 Å². The van der Waals surface area contributed by atoms with Crippen LogP contribution < -0.4 is 15.2 Å². The Kier molecular flexibility index (Phi) is 5.04. The van der Waals surface area contributed by atoms with Crippen LogP contribution in [0.3, 0.4) is 0 Å². The van der Waals surface area contributed by atoms with E-state index >= 15 is 0 Å². The number of methoxy groups -OCH3 is 1. The standard InChI is InChI=1S/C14H21NO2/c1-5-10(2)9-17-14-8-12(16-4)6-7-13(14)11(3)15/h6-8,11H,2,5,9,15H2,1,3-4H3. The first-order valence-electron chi connectivity index (χ1n) is 5.81. The number of hydrogen-bond donors (Lipinski definition) is 1. The third-order valence-corrected chi connectivity index (χ3v) is 2.64. The van der Waals surface area contributed by atoms with Crippen molar-refractivity contribution in [3.63, 3.8) is 0 Å². The molecule has 17 heavy (non-hydrogen) atoms. The molecule has 1 unspecified atom stereocenters. The van der Waals surface area contributed by atoms with Crippen LogP contribution in [0.5, 0.6) is 11.5 Å². The highest BCUT2D eigenvalue weighted by atomic mass is 16.5. The topological polar surface area (TPSA) is 44.5 Å². The van der Waals surface area contributed by atoms with Crippen LogP contribution in [-0.2, 0) is 0 Å². The zero-order chi connectivity index (χ0) is 12.8. The highest BCUT2D eigenvalue weighted by Gasteiger charge is 2.09. The number of rotatable bonds is 6. The summed E-state index contributed by atoms with van der Waals surface area (Å²) >= 11 is 0. The fourth-order valence-electron chi connectivity index (χ4n) is 1.42. The first-order valence-corrected chi connectivity index (χ1v) is 5.81. The third kappa shape index (κ3) is 3.79. The molecular formula is C14H21NO2. The van der Waals surface area contributed by atoms with E-state index in [0.29, 0.717) is 6.61 Å². The minimum Gasteiger partial charge on any atom is -0.497 e. The van der Waals surface area contributed by atoms with E-state index in [1.54, 1.807) is 7.11 Å². The first kappa shape index (κ1) is 13.6. The van der Waals surface area contributed by atoms with Crippen molar-refractivity contribution in [2.24, 2.45) is 5.73 Å². The lowest BCUT2D eigenvalue weighted by Crippen LogP contribution is -2.09. The Bertz CT molecular complexity index is 386. The predicted octanol–water partition coefficient (Wildman–Crippen LogP) is 3.06. The summed E-state index contributed by atoms with van der Waals surface area (Å²) in [5.74, 6) is 1.54. The van der Waals surface area contributed by atoms with E-state index < -0.39 is 0 Å². The molecule has 0 radical (unpaired) electrons. The molecule has 1 aromatic carbocycles. The number of ether oxygens (including phenoxy) is 2. The van der Waals surface area contributed by atoms with Gasteiger partial charge in [0.15, 0.2) is 0 Å². The van der Waals surface area contributed by atoms with Crippen LogP contribution in [0.4, 0.5) is 0 Å². The molecule has 0 bridgehead atoms. The van der Waals surface area contributed by atoms with Gasteiger partial charge >= 0.3 is 0 Å². The third-order valence-electron chi connectivity index (χ3n) is 2.64. The molecule has 0 fully saturated rings. The van der Waals surface area contributed by atoms with Crippen molar-refractivity contribution in [2.45, 2.75) is 26.3 Å². The number of benzene rings is 1. The van der Waals surface area contributed by atoms with Gasteiger partial charge in [0.25, 0.3) is 0 Å². The van der Waals surface area contributed by atoms with Crippen molar-refractivity contribution in [2.75, 3.05) is 13.7 Å². The molecule has 3 nitrogen and oxygen atoms in total. The van der Waals surface area contributed by atoms with Gasteiger partial charge in [0.1, 0.15) is 18.1 Å². The Morgan fingerprint density at radius 1 is 1.47 bits per heavy atom. The minimum absolute atomic E-state index is 0.0641. The van der Waals surface area contributed by atoms with Gasteiger partial charge in [-0.1, -0.05) is 19.6 Å². The highest BCUT2D eigenvalue weighted by Crippen LogP contribution is 2.28. The van der Waals surface area contributed by atoms with Crippen molar-refractivity contribution >= 4 is 0 Å². The quantitative estimate of drug-likeness (QED) is 0.771. The lowest BCUT2D eigenvalue weighted by atomic mass is 10.1. The molecule has 1 rings (SSSR count). The Morgan fingerprint density at radius 3 is 2.71 bits per heavy atom. The van der Waals surface area contributed by atoms with Crippen LogP contribution in [0, 0.1) is 0 Å². The van der Waals surface area contributed by atoms with Crippen molar-refractivity contribution < 1.29 is 9.47 Å². The summed E-state index contributed by atoms with van der Waals surface area (Å²) in [6, 6.07) is 5.63. The van der Waals surface area contributed by atoms with Gasteiger partial charge < -0.3 is 15.2 Å². The Balaban J connectivity index is 2.89. The van der Waals surface area contributed by atoms with Crippen LogP contribution in [0.15, 0.2) is 30.4 Å². The molecule has 0 spiro atoms. The van der Waals surface area contributed by atoms with Gasteiger partial charge in [-0.15, -0.1) is 0 Å². The smallest absolute Gasteiger partial charge is 0.128 e. The van der Waals surface area contributed by atoms with E-state index in [1.165, 1.54) is 0 Å². The molecule has 0 aliphatic heterocycles. The Labute approximate surface area is 103 Å². The SMILES string of the molecule is C=C(CC)COc1cc(OC)ccc1C(C)N. The summed E-state index contributed by atoms with van der Waals surface area (Å²) in [4.78, 5) is 0. The van der Waals surface area contributed by atoms with Crippen LogP contribution >= 0.6 is 0 Å². The fraction of sp³-hybridized carbons (Fsp3) is 0.429. The minimum atomic E-state index is -0.0641. The van der Waals surface area contributed by atoms with E-state index in [0.717, 1.165) is 29.1 Å². The molecule has 0 aromatic heterocycles. The average Bonchev–Trinajstić information content (AvgIpc) is 2.35. The van der Waals surface area contributed by atoms with Gasteiger partial charge in [0.05, 0.1) is 7.11 Å². The zero-order valence-electron chi connectivity index (χ0n) is 10.8. The van der Waals surface area contributed by atoms with Gasteiger partial charge in [0.2, 0.25) is 0 Å². The van der Waals surface area contributed by atoms with E-state index in [-0.39, 0.29) is 6.04 Å². The Hall–Kier alpha value is -1.48. The van der Waals surface area contributed by atoms with E-state index in [2.05, 4.69) is 13.5 Å². The molecule has 0 saturated carbocycles. The highest BCUT2D eigenvalue weighted by molar-refractivity contribution is 5.42. The summed E-state index contributed by atoms with van der Waals surface area (Å²) in [5, 5.41) is 0. The normalized spacial score (nSPS) is 12.0. The van der Waals surface area contributed by atoms with Crippen molar-refractivity contribution in [1.29, 1.82) is 0 Å².